The first kappa shape index (κ1) is 17.7. The topological polar surface area (TPSA) is 99.5 Å². The molecule has 0 aromatic heterocycles. The predicted octanol–water partition coefficient (Wildman–Crippen LogP) is 0.980. The second-order valence-electron chi connectivity index (χ2n) is 6.38. The van der Waals surface area contributed by atoms with Gasteiger partial charge >= 0.3 is 0 Å². The molecule has 2 unspecified atom stereocenters. The third kappa shape index (κ3) is 2.73. The Labute approximate surface area is 150 Å². The number of benzene rings is 1. The van der Waals surface area contributed by atoms with Gasteiger partial charge in [0.1, 0.15) is 11.8 Å². The van der Waals surface area contributed by atoms with Gasteiger partial charge in [-0.05, 0) is 19.9 Å². The van der Waals surface area contributed by atoms with Gasteiger partial charge in [-0.15, -0.1) is 0 Å². The molecule has 0 saturated carbocycles. The zero-order valence-electron chi connectivity index (χ0n) is 14.9. The quantitative estimate of drug-likeness (QED) is 0.594. The highest BCUT2D eigenvalue weighted by atomic mass is 16.2. The number of Topliss-reactive ketones (excluding diaryl/α,β-unsaturated/α-hetero) is 2. The molecule has 2 heterocycles. The fourth-order valence-electron chi connectivity index (χ4n) is 3.18. The monoisotopic (exact) mass is 354 g/mol. The Balaban J connectivity index is 1.90. The molecule has 0 spiro atoms. The van der Waals surface area contributed by atoms with Crippen LogP contribution in [0.3, 0.4) is 0 Å². The lowest BCUT2D eigenvalue weighted by Gasteiger charge is -2.12. The number of hydrogen-bond donors (Lipinski definition) is 0. The van der Waals surface area contributed by atoms with Crippen LogP contribution in [0.15, 0.2) is 34.5 Å². The fourth-order valence-corrected chi connectivity index (χ4v) is 3.18. The van der Waals surface area contributed by atoms with Crippen molar-refractivity contribution in [2.24, 2.45) is 22.0 Å². The minimum Gasteiger partial charge on any atom is -0.293 e. The summed E-state index contributed by atoms with van der Waals surface area (Å²) in [7, 11) is 2.98. The average Bonchev–Trinajstić information content (AvgIpc) is 3.00. The first-order valence-corrected chi connectivity index (χ1v) is 8.06. The van der Waals surface area contributed by atoms with Gasteiger partial charge in [0.25, 0.3) is 11.8 Å². The van der Waals surface area contributed by atoms with E-state index >= 15 is 0 Å². The van der Waals surface area contributed by atoms with Crippen molar-refractivity contribution < 1.29 is 19.2 Å². The number of carbonyl (C=O) groups is 4. The molecule has 0 radical (unpaired) electrons. The number of nitrogens with zero attached hydrogens (tertiary/aromatic N) is 4. The summed E-state index contributed by atoms with van der Waals surface area (Å²) in [5.74, 6) is -3.61. The molecule has 2 aliphatic rings. The van der Waals surface area contributed by atoms with E-state index in [2.05, 4.69) is 10.2 Å². The summed E-state index contributed by atoms with van der Waals surface area (Å²) in [6, 6.07) is 6.07. The standard InChI is InChI=1S/C18H18N4O4/c1-9-13(17(25)21(3)19-9)15(23)11-6-5-7-12(8-11)16(24)14-10(2)20-22(4)18(14)26/h5-8,13-14H,1-4H3. The van der Waals surface area contributed by atoms with Gasteiger partial charge in [-0.2, -0.15) is 10.2 Å². The van der Waals surface area contributed by atoms with E-state index in [1.807, 2.05) is 0 Å². The molecular weight excluding hydrogens is 336 g/mol. The predicted molar refractivity (Wildman–Crippen MR) is 93.8 cm³/mol. The Morgan fingerprint density at radius 3 is 1.54 bits per heavy atom. The van der Waals surface area contributed by atoms with Gasteiger partial charge in [0.15, 0.2) is 11.6 Å². The summed E-state index contributed by atoms with van der Waals surface area (Å²) in [6.07, 6.45) is 0. The third-order valence-electron chi connectivity index (χ3n) is 4.54. The number of carbonyl (C=O) groups excluding carboxylic acids is 4. The Bertz CT molecular complexity index is 833. The minimum atomic E-state index is -0.979. The first-order chi connectivity index (χ1) is 12.2. The molecule has 3 rings (SSSR count). The summed E-state index contributed by atoms with van der Waals surface area (Å²) in [4.78, 5) is 49.8. The molecule has 0 fully saturated rings. The largest absolute Gasteiger partial charge is 0.293 e. The smallest absolute Gasteiger partial charge is 0.259 e. The summed E-state index contributed by atoms with van der Waals surface area (Å²) < 4.78 is 0. The molecule has 0 N–H and O–H groups in total. The maximum atomic E-state index is 12.8. The van der Waals surface area contributed by atoms with Gasteiger partial charge in [0.2, 0.25) is 0 Å². The highest BCUT2D eigenvalue weighted by molar-refractivity contribution is 6.28. The number of hydrogen-bond acceptors (Lipinski definition) is 6. The van der Waals surface area contributed by atoms with Crippen molar-refractivity contribution in [3.8, 4) is 0 Å². The van der Waals surface area contributed by atoms with Crippen molar-refractivity contribution in [3.05, 3.63) is 35.4 Å². The van der Waals surface area contributed by atoms with E-state index in [1.165, 1.54) is 20.2 Å². The minimum absolute atomic E-state index is 0.229. The van der Waals surface area contributed by atoms with Crippen LogP contribution in [0.4, 0.5) is 0 Å². The second-order valence-corrected chi connectivity index (χ2v) is 6.38. The maximum absolute atomic E-state index is 12.8. The van der Waals surface area contributed by atoms with Crippen molar-refractivity contribution in [1.29, 1.82) is 0 Å². The lowest BCUT2D eigenvalue weighted by molar-refractivity contribution is -0.130. The van der Waals surface area contributed by atoms with E-state index < -0.39 is 35.2 Å². The fraction of sp³-hybridized carbons (Fsp3) is 0.333. The van der Waals surface area contributed by atoms with Crippen LogP contribution < -0.4 is 0 Å². The van der Waals surface area contributed by atoms with Crippen LogP contribution in [0.5, 0.6) is 0 Å². The Morgan fingerprint density at radius 1 is 0.846 bits per heavy atom. The van der Waals surface area contributed by atoms with Gasteiger partial charge in [-0.3, -0.25) is 19.2 Å². The summed E-state index contributed by atoms with van der Waals surface area (Å²) in [5, 5.41) is 10.3. The van der Waals surface area contributed by atoms with E-state index in [9.17, 15) is 19.2 Å². The van der Waals surface area contributed by atoms with Gasteiger partial charge in [0, 0.05) is 25.2 Å². The molecule has 8 heteroatoms. The van der Waals surface area contributed by atoms with E-state index in [-0.39, 0.29) is 11.1 Å². The van der Waals surface area contributed by atoms with Crippen LogP contribution in [0.1, 0.15) is 34.6 Å². The zero-order chi connectivity index (χ0) is 19.2. The summed E-state index contributed by atoms with van der Waals surface area (Å²) in [6.45, 7) is 3.23. The number of amides is 2. The van der Waals surface area contributed by atoms with Gasteiger partial charge in [-0.1, -0.05) is 18.2 Å². The lowest BCUT2D eigenvalue weighted by Crippen LogP contribution is -2.32. The van der Waals surface area contributed by atoms with Crippen LogP contribution in [0, 0.1) is 11.8 Å². The Kier molecular flexibility index (Phi) is 4.27. The number of ketones is 2. The van der Waals surface area contributed by atoms with Crippen molar-refractivity contribution in [3.63, 3.8) is 0 Å². The van der Waals surface area contributed by atoms with E-state index in [4.69, 9.17) is 0 Å². The average molecular weight is 354 g/mol. The van der Waals surface area contributed by atoms with Crippen LogP contribution >= 0.6 is 0 Å². The molecule has 0 saturated heterocycles. The van der Waals surface area contributed by atoms with Crippen LogP contribution in [-0.2, 0) is 9.59 Å². The van der Waals surface area contributed by atoms with Gasteiger partial charge in [-0.25, -0.2) is 10.0 Å². The molecule has 134 valence electrons. The maximum Gasteiger partial charge on any atom is 0.259 e. The van der Waals surface area contributed by atoms with Gasteiger partial charge in [0.05, 0.1) is 11.4 Å². The molecule has 0 aliphatic carbocycles. The van der Waals surface area contributed by atoms with E-state index in [1.54, 1.807) is 32.0 Å². The highest BCUT2D eigenvalue weighted by Gasteiger charge is 2.39. The molecule has 2 amide bonds. The molecule has 1 aromatic rings. The zero-order valence-corrected chi connectivity index (χ0v) is 14.9. The lowest BCUT2D eigenvalue weighted by atomic mass is 9.89. The molecule has 0 bridgehead atoms. The number of hydrazone groups is 2. The molecule has 26 heavy (non-hydrogen) atoms. The molecule has 8 nitrogen and oxygen atoms in total. The van der Waals surface area contributed by atoms with Crippen LogP contribution in [0.2, 0.25) is 0 Å². The van der Waals surface area contributed by atoms with Gasteiger partial charge < -0.3 is 0 Å². The van der Waals surface area contributed by atoms with Crippen molar-refractivity contribution >= 4 is 34.8 Å². The van der Waals surface area contributed by atoms with Crippen molar-refractivity contribution in [2.45, 2.75) is 13.8 Å². The van der Waals surface area contributed by atoms with Crippen LogP contribution in [-0.4, -0.2) is 58.9 Å². The summed E-state index contributed by atoms with van der Waals surface area (Å²) >= 11 is 0. The number of rotatable bonds is 4. The third-order valence-corrected chi connectivity index (χ3v) is 4.54. The SMILES string of the molecule is CC1=NN(C)C(=O)C1C(=O)c1cccc(C(=O)C2C(=O)N(C)N=C2C)c1. The van der Waals surface area contributed by atoms with E-state index in [0.29, 0.717) is 11.4 Å². The first-order valence-electron chi connectivity index (χ1n) is 8.06. The summed E-state index contributed by atoms with van der Waals surface area (Å²) in [5.41, 5.74) is 1.28. The Morgan fingerprint density at radius 2 is 1.23 bits per heavy atom. The van der Waals surface area contributed by atoms with Crippen molar-refractivity contribution in [1.82, 2.24) is 10.0 Å². The normalized spacial score (nSPS) is 22.6. The second kappa shape index (κ2) is 6.29. The van der Waals surface area contributed by atoms with Crippen LogP contribution in [0.25, 0.3) is 0 Å². The molecule has 1 aromatic carbocycles. The molecular formula is C18H18N4O4. The Hall–Kier alpha value is -3.16. The van der Waals surface area contributed by atoms with E-state index in [0.717, 1.165) is 10.0 Å². The highest BCUT2D eigenvalue weighted by Crippen LogP contribution is 2.23. The molecule has 2 atom stereocenters. The van der Waals surface area contributed by atoms with Crippen molar-refractivity contribution in [2.75, 3.05) is 14.1 Å². The molecule has 2 aliphatic heterocycles.